The highest BCUT2D eigenvalue weighted by Gasteiger charge is 2.26. The number of ether oxygens (including phenoxy) is 1. The summed E-state index contributed by atoms with van der Waals surface area (Å²) in [6.07, 6.45) is 0. The molecule has 0 aliphatic rings. The second-order valence-corrected chi connectivity index (χ2v) is 8.65. The van der Waals surface area contributed by atoms with Crippen LogP contribution in [0.5, 0.6) is 5.75 Å². The molecule has 0 radical (unpaired) electrons. The molecule has 0 unspecified atom stereocenters. The molecule has 4 rings (SSSR count). The Hall–Kier alpha value is -2.79. The number of rotatable bonds is 3. The predicted molar refractivity (Wildman–Crippen MR) is 109 cm³/mol. The fourth-order valence-corrected chi connectivity index (χ4v) is 5.37. The summed E-state index contributed by atoms with van der Waals surface area (Å²) in [7, 11) is -2.14. The predicted octanol–water partition coefficient (Wildman–Crippen LogP) is 4.97. The molecule has 1 aromatic heterocycles. The fraction of sp³-hybridized carbons (Fsp3) is 0.182. The Labute approximate surface area is 159 Å². The molecule has 4 nitrogen and oxygen atoms in total. The molecule has 0 saturated carbocycles. The van der Waals surface area contributed by atoms with Crippen molar-refractivity contribution in [2.24, 2.45) is 0 Å². The molecule has 4 aromatic rings. The van der Waals surface area contributed by atoms with E-state index in [1.54, 1.807) is 19.2 Å². The molecule has 0 bridgehead atoms. The van der Waals surface area contributed by atoms with Crippen LogP contribution in [-0.2, 0) is 10.0 Å². The molecule has 0 saturated heterocycles. The van der Waals surface area contributed by atoms with Crippen LogP contribution in [0.1, 0.15) is 16.7 Å². The second kappa shape index (κ2) is 6.13. The van der Waals surface area contributed by atoms with E-state index in [-0.39, 0.29) is 4.90 Å². The summed E-state index contributed by atoms with van der Waals surface area (Å²) in [5, 5.41) is 1.70. The van der Waals surface area contributed by atoms with E-state index in [1.165, 1.54) is 3.97 Å². The lowest BCUT2D eigenvalue weighted by molar-refractivity contribution is 0.417. The Morgan fingerprint density at radius 3 is 2.22 bits per heavy atom. The van der Waals surface area contributed by atoms with Crippen LogP contribution >= 0.6 is 0 Å². The number of fused-ring (bicyclic) bond motifs is 3. The molecule has 0 spiro atoms. The summed E-state index contributed by atoms with van der Waals surface area (Å²) < 4.78 is 34.3. The van der Waals surface area contributed by atoms with E-state index in [0.29, 0.717) is 16.8 Å². The SMILES string of the molecule is COc1c(C)cc(C)c2c1c1ccccc1n2S(=O)(=O)c1ccc(C)cc1. The van der Waals surface area contributed by atoms with Gasteiger partial charge in [0.05, 0.1) is 28.4 Å². The van der Waals surface area contributed by atoms with Crippen molar-refractivity contribution in [2.75, 3.05) is 7.11 Å². The van der Waals surface area contributed by atoms with E-state index in [4.69, 9.17) is 4.74 Å². The number of hydrogen-bond donors (Lipinski definition) is 0. The van der Waals surface area contributed by atoms with E-state index < -0.39 is 10.0 Å². The van der Waals surface area contributed by atoms with Crippen LogP contribution < -0.4 is 4.74 Å². The fourth-order valence-electron chi connectivity index (χ4n) is 3.78. The van der Waals surface area contributed by atoms with Crippen molar-refractivity contribution in [3.8, 4) is 5.75 Å². The number of methoxy groups -OCH3 is 1. The van der Waals surface area contributed by atoms with Gasteiger partial charge in [-0.05, 0) is 50.1 Å². The maximum atomic E-state index is 13.6. The van der Waals surface area contributed by atoms with E-state index in [9.17, 15) is 8.42 Å². The van der Waals surface area contributed by atoms with Gasteiger partial charge in [-0.15, -0.1) is 0 Å². The van der Waals surface area contributed by atoms with Crippen molar-refractivity contribution in [1.82, 2.24) is 3.97 Å². The van der Waals surface area contributed by atoms with Gasteiger partial charge in [-0.2, -0.15) is 0 Å². The summed E-state index contributed by atoms with van der Waals surface area (Å²) in [5.74, 6) is 0.713. The Balaban J connectivity index is 2.22. The molecule has 0 atom stereocenters. The Kier molecular flexibility index (Phi) is 4.00. The topological polar surface area (TPSA) is 48.3 Å². The first kappa shape index (κ1) is 17.6. The van der Waals surface area contributed by atoms with Crippen molar-refractivity contribution >= 4 is 31.8 Å². The van der Waals surface area contributed by atoms with Crippen molar-refractivity contribution in [3.05, 3.63) is 71.3 Å². The lowest BCUT2D eigenvalue weighted by Gasteiger charge is -2.13. The van der Waals surface area contributed by atoms with E-state index in [0.717, 1.165) is 27.5 Å². The Morgan fingerprint density at radius 2 is 1.56 bits per heavy atom. The molecule has 138 valence electrons. The molecule has 5 heteroatoms. The molecule has 27 heavy (non-hydrogen) atoms. The molecule has 0 fully saturated rings. The molecule has 3 aromatic carbocycles. The number of benzene rings is 3. The number of para-hydroxylation sites is 1. The number of nitrogens with zero attached hydrogens (tertiary/aromatic N) is 1. The summed E-state index contributed by atoms with van der Waals surface area (Å²) in [6.45, 7) is 5.86. The maximum absolute atomic E-state index is 13.6. The minimum atomic E-state index is -3.76. The third-order valence-corrected chi connectivity index (χ3v) is 6.72. The van der Waals surface area contributed by atoms with Crippen molar-refractivity contribution in [2.45, 2.75) is 25.7 Å². The Morgan fingerprint density at radius 1 is 0.889 bits per heavy atom. The largest absolute Gasteiger partial charge is 0.496 e. The first-order chi connectivity index (χ1) is 12.9. The highest BCUT2D eigenvalue weighted by atomic mass is 32.2. The third kappa shape index (κ3) is 2.53. The van der Waals surface area contributed by atoms with Gasteiger partial charge in [0.25, 0.3) is 10.0 Å². The van der Waals surface area contributed by atoms with E-state index >= 15 is 0 Å². The molecule has 0 N–H and O–H groups in total. The zero-order valence-corrected chi connectivity index (χ0v) is 16.6. The van der Waals surface area contributed by atoms with Crippen LogP contribution in [-0.4, -0.2) is 19.5 Å². The minimum Gasteiger partial charge on any atom is -0.496 e. The van der Waals surface area contributed by atoms with Gasteiger partial charge in [0, 0.05) is 5.39 Å². The van der Waals surface area contributed by atoms with Crippen LogP contribution in [0, 0.1) is 20.8 Å². The average molecular weight is 379 g/mol. The minimum absolute atomic E-state index is 0.273. The molecule has 0 aliphatic carbocycles. The summed E-state index contributed by atoms with van der Waals surface area (Å²) in [5.41, 5.74) is 4.22. The van der Waals surface area contributed by atoms with E-state index in [2.05, 4.69) is 0 Å². The van der Waals surface area contributed by atoms with Gasteiger partial charge >= 0.3 is 0 Å². The van der Waals surface area contributed by atoms with Crippen LogP contribution in [0.2, 0.25) is 0 Å². The summed E-state index contributed by atoms with van der Waals surface area (Å²) >= 11 is 0. The molecule has 0 aliphatic heterocycles. The van der Waals surface area contributed by atoms with Gasteiger partial charge in [-0.25, -0.2) is 12.4 Å². The van der Waals surface area contributed by atoms with Crippen LogP contribution in [0.25, 0.3) is 21.8 Å². The third-order valence-electron chi connectivity index (χ3n) is 4.99. The van der Waals surface area contributed by atoms with Crippen LogP contribution in [0.3, 0.4) is 0 Å². The van der Waals surface area contributed by atoms with Crippen LogP contribution in [0.15, 0.2) is 59.5 Å². The average Bonchev–Trinajstić information content (AvgIpc) is 2.99. The first-order valence-electron chi connectivity index (χ1n) is 8.76. The quantitative estimate of drug-likeness (QED) is 0.505. The van der Waals surface area contributed by atoms with Gasteiger partial charge < -0.3 is 4.74 Å². The van der Waals surface area contributed by atoms with Crippen molar-refractivity contribution in [1.29, 1.82) is 0 Å². The summed E-state index contributed by atoms with van der Waals surface area (Å²) in [4.78, 5) is 0.273. The standard InChI is InChI=1S/C22H21NO3S/c1-14-9-11-17(12-10-14)27(24,25)23-19-8-6-5-7-18(19)20-21(23)15(2)13-16(3)22(20)26-4/h5-13H,1-4H3. The smallest absolute Gasteiger partial charge is 0.268 e. The van der Waals surface area contributed by atoms with Gasteiger partial charge in [-0.1, -0.05) is 42.0 Å². The lowest BCUT2D eigenvalue weighted by Crippen LogP contribution is -2.13. The van der Waals surface area contributed by atoms with Crippen molar-refractivity contribution in [3.63, 3.8) is 0 Å². The van der Waals surface area contributed by atoms with Gasteiger partial charge in [0.2, 0.25) is 0 Å². The monoisotopic (exact) mass is 379 g/mol. The zero-order chi connectivity index (χ0) is 19.3. The molecular formula is C22H21NO3S. The van der Waals surface area contributed by atoms with Gasteiger partial charge in [-0.3, -0.25) is 0 Å². The first-order valence-corrected chi connectivity index (χ1v) is 10.2. The maximum Gasteiger partial charge on any atom is 0.268 e. The highest BCUT2D eigenvalue weighted by Crippen LogP contribution is 2.41. The second-order valence-electron chi connectivity index (χ2n) is 6.87. The number of aryl methyl sites for hydroxylation is 3. The molecular weight excluding hydrogens is 358 g/mol. The normalized spacial score (nSPS) is 12.0. The van der Waals surface area contributed by atoms with Gasteiger partial charge in [0.1, 0.15) is 5.75 Å². The lowest BCUT2D eigenvalue weighted by atomic mass is 10.0. The Bertz CT molecular complexity index is 1280. The number of aromatic nitrogens is 1. The molecule has 1 heterocycles. The van der Waals surface area contributed by atoms with Gasteiger partial charge in [0.15, 0.2) is 0 Å². The van der Waals surface area contributed by atoms with Crippen molar-refractivity contribution < 1.29 is 13.2 Å². The van der Waals surface area contributed by atoms with E-state index in [1.807, 2.05) is 63.2 Å². The number of hydrogen-bond acceptors (Lipinski definition) is 3. The zero-order valence-electron chi connectivity index (χ0n) is 15.8. The molecule has 0 amide bonds. The summed E-state index contributed by atoms with van der Waals surface area (Å²) in [6, 6.07) is 16.5. The highest BCUT2D eigenvalue weighted by molar-refractivity contribution is 7.90. The van der Waals surface area contributed by atoms with Crippen LogP contribution in [0.4, 0.5) is 0 Å².